The highest BCUT2D eigenvalue weighted by Gasteiger charge is 2.17. The summed E-state index contributed by atoms with van der Waals surface area (Å²) in [6.45, 7) is 11.0. The van der Waals surface area contributed by atoms with Crippen molar-refractivity contribution in [2.75, 3.05) is 0 Å². The summed E-state index contributed by atoms with van der Waals surface area (Å²) in [7, 11) is 1.98. The lowest BCUT2D eigenvalue weighted by atomic mass is 9.97. The Bertz CT molecular complexity index is 656. The molecule has 2 aromatic rings. The molecule has 0 radical (unpaired) electrons. The van der Waals surface area contributed by atoms with E-state index in [0.717, 1.165) is 22.2 Å². The molecule has 2 rings (SSSR count). The van der Waals surface area contributed by atoms with Crippen molar-refractivity contribution in [1.29, 1.82) is 0 Å². The minimum Gasteiger partial charge on any atom is -0.351 e. The average Bonchev–Trinajstić information content (AvgIpc) is 2.46. The topological polar surface area (TPSA) is 39.8 Å². The average molecular weight is 247 g/mol. The van der Waals surface area contributed by atoms with Gasteiger partial charge in [0.15, 0.2) is 0 Å². The molecule has 0 aromatic carbocycles. The molecule has 0 spiro atoms. The van der Waals surface area contributed by atoms with E-state index in [9.17, 15) is 4.79 Å². The van der Waals surface area contributed by atoms with Gasteiger partial charge in [-0.3, -0.25) is 4.79 Å². The molecule has 0 fully saturated rings. The van der Waals surface area contributed by atoms with Gasteiger partial charge >= 0.3 is 0 Å². The predicted molar refractivity (Wildman–Crippen MR) is 73.9 cm³/mol. The number of hydrogen-bond acceptors (Lipinski definition) is 2. The van der Waals surface area contributed by atoms with Crippen LogP contribution in [0.25, 0.3) is 10.8 Å². The van der Waals surface area contributed by atoms with Crippen LogP contribution in [0.3, 0.4) is 0 Å². The van der Waals surface area contributed by atoms with Crippen molar-refractivity contribution in [2.24, 2.45) is 12.5 Å². The number of aryl methyl sites for hydroxylation is 2. The fourth-order valence-electron chi connectivity index (χ4n) is 2.27. The number of rotatable bonds is 1. The quantitative estimate of drug-likeness (QED) is 0.776. The van der Waals surface area contributed by atoms with Crippen LogP contribution >= 0.6 is 0 Å². The summed E-state index contributed by atoms with van der Waals surface area (Å²) in [4.78, 5) is 12.5. The summed E-state index contributed by atoms with van der Waals surface area (Å²) < 4.78 is 3.63. The highest BCUT2D eigenvalue weighted by molar-refractivity contribution is 5.86. The van der Waals surface area contributed by atoms with Crippen LogP contribution < -0.4 is 5.56 Å². The smallest absolute Gasteiger partial charge is 0.276 e. The molecule has 0 saturated carbocycles. The maximum absolute atomic E-state index is 12.5. The second-order valence-corrected chi connectivity index (χ2v) is 6.19. The lowest BCUT2D eigenvalue weighted by Gasteiger charge is -2.18. The van der Waals surface area contributed by atoms with Gasteiger partial charge in [0.05, 0.1) is 11.6 Å². The van der Waals surface area contributed by atoms with Gasteiger partial charge in [-0.25, -0.2) is 4.68 Å². The maximum Gasteiger partial charge on any atom is 0.276 e. The Balaban J connectivity index is 2.72. The molecule has 98 valence electrons. The van der Waals surface area contributed by atoms with Gasteiger partial charge in [-0.05, 0) is 19.3 Å². The lowest BCUT2D eigenvalue weighted by molar-refractivity contribution is 0.318. The van der Waals surface area contributed by atoms with E-state index in [-0.39, 0.29) is 11.0 Å². The normalized spacial score (nSPS) is 12.3. The van der Waals surface area contributed by atoms with E-state index in [1.165, 1.54) is 0 Å². The number of nitrogens with zero attached hydrogens (tertiary/aromatic N) is 3. The first kappa shape index (κ1) is 12.9. The molecular formula is C14H21N3O. The maximum atomic E-state index is 12.5. The first-order chi connectivity index (χ1) is 8.22. The molecule has 0 unspecified atom stereocenters. The zero-order chi connectivity index (χ0) is 13.7. The Morgan fingerprint density at radius 3 is 2.39 bits per heavy atom. The molecule has 0 bridgehead atoms. The first-order valence-corrected chi connectivity index (χ1v) is 6.24. The Morgan fingerprint density at radius 1 is 1.22 bits per heavy atom. The molecule has 0 N–H and O–H groups in total. The monoisotopic (exact) mass is 247 g/mol. The van der Waals surface area contributed by atoms with Gasteiger partial charge in [-0.1, -0.05) is 20.8 Å². The molecule has 0 saturated heterocycles. The van der Waals surface area contributed by atoms with Crippen LogP contribution in [-0.4, -0.2) is 14.3 Å². The highest BCUT2D eigenvalue weighted by Crippen LogP contribution is 2.21. The van der Waals surface area contributed by atoms with Crippen molar-refractivity contribution in [1.82, 2.24) is 14.3 Å². The lowest BCUT2D eigenvalue weighted by Crippen LogP contribution is -2.28. The predicted octanol–water partition coefficient (Wildman–Crippen LogP) is 2.40. The van der Waals surface area contributed by atoms with Crippen molar-refractivity contribution < 1.29 is 0 Å². The van der Waals surface area contributed by atoms with Gasteiger partial charge in [0.25, 0.3) is 5.56 Å². The van der Waals surface area contributed by atoms with Gasteiger partial charge in [-0.15, -0.1) is 0 Å². The van der Waals surface area contributed by atoms with Crippen LogP contribution in [-0.2, 0) is 13.6 Å². The minimum absolute atomic E-state index is 0.0172. The third-order valence-electron chi connectivity index (χ3n) is 3.43. The van der Waals surface area contributed by atoms with Gasteiger partial charge in [0, 0.05) is 30.4 Å². The third kappa shape index (κ3) is 1.96. The van der Waals surface area contributed by atoms with Gasteiger partial charge < -0.3 is 4.57 Å². The van der Waals surface area contributed by atoms with E-state index in [1.54, 1.807) is 4.68 Å². The Hall–Kier alpha value is -1.58. The molecule has 4 nitrogen and oxygen atoms in total. The summed E-state index contributed by atoms with van der Waals surface area (Å²) in [5.74, 6) is 0. The SMILES string of the molecule is Cc1c2cnn(CC(C)(C)C)c(=O)c2c(C)n1C. The highest BCUT2D eigenvalue weighted by atomic mass is 16.1. The Morgan fingerprint density at radius 2 is 1.83 bits per heavy atom. The van der Waals surface area contributed by atoms with Crippen molar-refractivity contribution >= 4 is 10.8 Å². The molecule has 2 aromatic heterocycles. The standard InChI is InChI=1S/C14H21N3O/c1-9-11-7-15-17(8-14(3,4)5)13(18)12(11)10(2)16(9)6/h7H,8H2,1-6H3. The van der Waals surface area contributed by atoms with E-state index >= 15 is 0 Å². The van der Waals surface area contributed by atoms with Crippen LogP contribution in [0.15, 0.2) is 11.0 Å². The molecule has 4 heteroatoms. The van der Waals surface area contributed by atoms with E-state index < -0.39 is 0 Å². The summed E-state index contributed by atoms with van der Waals surface area (Å²) >= 11 is 0. The van der Waals surface area contributed by atoms with Crippen molar-refractivity contribution in [3.05, 3.63) is 27.9 Å². The van der Waals surface area contributed by atoms with Crippen LogP contribution in [0.5, 0.6) is 0 Å². The zero-order valence-electron chi connectivity index (χ0n) is 12.0. The number of aromatic nitrogens is 3. The second kappa shape index (κ2) is 3.97. The van der Waals surface area contributed by atoms with E-state index in [4.69, 9.17) is 0 Å². The van der Waals surface area contributed by atoms with Crippen molar-refractivity contribution in [3.63, 3.8) is 0 Å². The van der Waals surface area contributed by atoms with E-state index in [2.05, 4.69) is 30.4 Å². The van der Waals surface area contributed by atoms with Gasteiger partial charge in [-0.2, -0.15) is 5.10 Å². The van der Waals surface area contributed by atoms with E-state index in [0.29, 0.717) is 6.54 Å². The van der Waals surface area contributed by atoms with Gasteiger partial charge in [0.1, 0.15) is 0 Å². The number of fused-ring (bicyclic) bond motifs is 1. The molecule has 0 atom stereocenters. The third-order valence-corrected chi connectivity index (χ3v) is 3.43. The molecule has 0 aliphatic heterocycles. The Kier molecular flexibility index (Phi) is 2.84. The molecular weight excluding hydrogens is 226 g/mol. The first-order valence-electron chi connectivity index (χ1n) is 6.24. The summed E-state index contributed by atoms with van der Waals surface area (Å²) in [6, 6.07) is 0. The summed E-state index contributed by atoms with van der Waals surface area (Å²) in [5, 5.41) is 6.06. The number of hydrogen-bond donors (Lipinski definition) is 0. The van der Waals surface area contributed by atoms with E-state index in [1.807, 2.05) is 27.1 Å². The summed E-state index contributed by atoms with van der Waals surface area (Å²) in [5.41, 5.74) is 2.17. The Labute approximate surface area is 107 Å². The fraction of sp³-hybridized carbons (Fsp3) is 0.571. The van der Waals surface area contributed by atoms with Crippen molar-refractivity contribution in [3.8, 4) is 0 Å². The van der Waals surface area contributed by atoms with Crippen LogP contribution in [0.2, 0.25) is 0 Å². The fourth-order valence-corrected chi connectivity index (χ4v) is 2.27. The zero-order valence-corrected chi connectivity index (χ0v) is 12.0. The van der Waals surface area contributed by atoms with Crippen LogP contribution in [0.1, 0.15) is 32.2 Å². The van der Waals surface area contributed by atoms with Crippen LogP contribution in [0, 0.1) is 19.3 Å². The molecule has 18 heavy (non-hydrogen) atoms. The van der Waals surface area contributed by atoms with Crippen molar-refractivity contribution in [2.45, 2.75) is 41.2 Å². The molecule has 0 amide bonds. The molecule has 0 aliphatic carbocycles. The molecule has 2 heterocycles. The second-order valence-electron chi connectivity index (χ2n) is 6.19. The molecule has 0 aliphatic rings. The summed E-state index contributed by atoms with van der Waals surface area (Å²) in [6.07, 6.45) is 1.81. The minimum atomic E-state index is 0.0172. The van der Waals surface area contributed by atoms with Gasteiger partial charge in [0.2, 0.25) is 0 Å². The van der Waals surface area contributed by atoms with Crippen LogP contribution in [0.4, 0.5) is 0 Å². The largest absolute Gasteiger partial charge is 0.351 e.